The first-order valence-electron chi connectivity index (χ1n) is 13.3. The number of alkyl halides is 3. The van der Waals surface area contributed by atoms with E-state index in [-0.39, 0.29) is 0 Å². The summed E-state index contributed by atoms with van der Waals surface area (Å²) in [5, 5.41) is 1.02. The summed E-state index contributed by atoms with van der Waals surface area (Å²) >= 11 is 0. The molecule has 5 heteroatoms. The molecule has 0 saturated carbocycles. The van der Waals surface area contributed by atoms with Gasteiger partial charge in [0.2, 0.25) is 0 Å². The summed E-state index contributed by atoms with van der Waals surface area (Å²) in [5.41, 5.74) is 3.11. The van der Waals surface area contributed by atoms with Crippen LogP contribution >= 0.6 is 0 Å². The van der Waals surface area contributed by atoms with Gasteiger partial charge in [0, 0.05) is 24.9 Å². The summed E-state index contributed by atoms with van der Waals surface area (Å²) in [6.45, 7) is 6.38. The molecule has 0 spiro atoms. The second kappa shape index (κ2) is 14.1. The molecule has 0 atom stereocenters. The molecular formula is C31H38F3NO. The summed E-state index contributed by atoms with van der Waals surface area (Å²) in [5.74, 6) is 6.60. The van der Waals surface area contributed by atoms with Crippen molar-refractivity contribution in [2.24, 2.45) is 0 Å². The molecule has 2 aromatic carbocycles. The van der Waals surface area contributed by atoms with E-state index >= 15 is 0 Å². The van der Waals surface area contributed by atoms with E-state index in [1.165, 1.54) is 44.9 Å². The molecule has 1 heterocycles. The molecule has 0 unspecified atom stereocenters. The number of hydrogen-bond donors (Lipinski definition) is 0. The van der Waals surface area contributed by atoms with E-state index in [0.29, 0.717) is 13.1 Å². The quantitative estimate of drug-likeness (QED) is 0.173. The van der Waals surface area contributed by atoms with Crippen molar-refractivity contribution in [1.82, 2.24) is 4.90 Å². The van der Waals surface area contributed by atoms with Crippen molar-refractivity contribution in [3.63, 3.8) is 0 Å². The lowest BCUT2D eigenvalue weighted by molar-refractivity contribution is -0.137. The highest BCUT2D eigenvalue weighted by atomic mass is 19.4. The fourth-order valence-corrected chi connectivity index (χ4v) is 4.37. The summed E-state index contributed by atoms with van der Waals surface area (Å²) in [6, 6.07) is 11.6. The van der Waals surface area contributed by atoms with Crippen LogP contribution in [0.4, 0.5) is 13.2 Å². The largest absolute Gasteiger partial charge is 0.463 e. The smallest absolute Gasteiger partial charge is 0.416 e. The zero-order valence-corrected chi connectivity index (χ0v) is 21.6. The molecule has 0 amide bonds. The van der Waals surface area contributed by atoms with Crippen LogP contribution in [0.3, 0.4) is 0 Å². The molecule has 0 N–H and O–H groups in total. The number of benzene rings is 2. The van der Waals surface area contributed by atoms with Crippen LogP contribution in [0.1, 0.15) is 93.9 Å². The molecule has 2 nitrogen and oxygen atoms in total. The van der Waals surface area contributed by atoms with Crippen molar-refractivity contribution in [2.75, 3.05) is 6.54 Å². The Labute approximate surface area is 213 Å². The molecule has 0 saturated heterocycles. The van der Waals surface area contributed by atoms with E-state index in [1.54, 1.807) is 18.4 Å². The highest BCUT2D eigenvalue weighted by Crippen LogP contribution is 2.29. The van der Waals surface area contributed by atoms with Crippen LogP contribution < -0.4 is 0 Å². The predicted octanol–water partition coefficient (Wildman–Crippen LogP) is 9.36. The molecule has 0 aliphatic carbocycles. The number of furan rings is 1. The number of unbranched alkanes of at least 4 members (excludes halogenated alkanes) is 8. The number of rotatable bonds is 13. The van der Waals surface area contributed by atoms with Crippen LogP contribution in [0.5, 0.6) is 0 Å². The molecule has 0 aliphatic rings. The zero-order chi connectivity index (χ0) is 25.8. The average Bonchev–Trinajstić information content (AvgIpc) is 3.26. The minimum absolute atomic E-state index is 0.587. The average molecular weight is 498 g/mol. The van der Waals surface area contributed by atoms with Crippen molar-refractivity contribution in [3.05, 3.63) is 71.0 Å². The normalized spacial score (nSPS) is 11.7. The molecule has 194 valence electrons. The first-order valence-corrected chi connectivity index (χ1v) is 13.3. The molecule has 1 aromatic heterocycles. The van der Waals surface area contributed by atoms with Crippen molar-refractivity contribution in [3.8, 4) is 11.8 Å². The number of hydrogen-bond acceptors (Lipinski definition) is 2. The van der Waals surface area contributed by atoms with Gasteiger partial charge < -0.3 is 4.42 Å². The maximum absolute atomic E-state index is 12.8. The standard InChI is InChI=1S/C31H38F3NO/c1-3-5-6-7-8-9-10-11-12-13-14-27-24-36-30-20-17-26(21-29(27)30)23-35(4-2)22-25-15-18-28(19-16-25)31(32,33)34/h15-21,24H,3-12,22-23H2,1-2H3. The predicted molar refractivity (Wildman–Crippen MR) is 142 cm³/mol. The van der Waals surface area contributed by atoms with Crippen molar-refractivity contribution in [1.29, 1.82) is 0 Å². The maximum atomic E-state index is 12.8. The van der Waals surface area contributed by atoms with Crippen LogP contribution in [0.25, 0.3) is 11.0 Å². The van der Waals surface area contributed by atoms with Gasteiger partial charge in [0.15, 0.2) is 0 Å². The second-order valence-electron chi connectivity index (χ2n) is 9.50. The lowest BCUT2D eigenvalue weighted by atomic mass is 10.1. The monoisotopic (exact) mass is 497 g/mol. The van der Waals surface area contributed by atoms with Gasteiger partial charge in [-0.25, -0.2) is 0 Å². The van der Waals surface area contributed by atoms with Gasteiger partial charge in [-0.3, -0.25) is 4.90 Å². The molecular weight excluding hydrogens is 459 g/mol. The molecule has 0 bridgehead atoms. The summed E-state index contributed by atoms with van der Waals surface area (Å²) in [7, 11) is 0. The molecule has 3 rings (SSSR count). The number of halogens is 3. The highest BCUT2D eigenvalue weighted by Gasteiger charge is 2.29. The first-order chi connectivity index (χ1) is 17.4. The van der Waals surface area contributed by atoms with Crippen molar-refractivity contribution in [2.45, 2.75) is 90.9 Å². The number of fused-ring (bicyclic) bond motifs is 1. The molecule has 36 heavy (non-hydrogen) atoms. The Balaban J connectivity index is 1.54. The SMILES string of the molecule is CCCCCCCCCCC#Cc1coc2ccc(CN(CC)Cc3ccc(C(F)(F)F)cc3)cc12. The van der Waals surface area contributed by atoms with Crippen molar-refractivity contribution >= 4 is 11.0 Å². The minimum Gasteiger partial charge on any atom is -0.463 e. The Bertz CT molecular complexity index is 1120. The van der Waals surface area contributed by atoms with Gasteiger partial charge in [0.25, 0.3) is 0 Å². The summed E-state index contributed by atoms with van der Waals surface area (Å²) < 4.78 is 44.2. The van der Waals surface area contributed by atoms with Gasteiger partial charge in [-0.05, 0) is 48.4 Å². The summed E-state index contributed by atoms with van der Waals surface area (Å²) in [6.07, 6.45) is 8.67. The molecule has 0 radical (unpaired) electrons. The topological polar surface area (TPSA) is 16.4 Å². The van der Waals surface area contributed by atoms with Gasteiger partial charge in [0.05, 0.1) is 11.1 Å². The third kappa shape index (κ3) is 8.75. The third-order valence-corrected chi connectivity index (χ3v) is 6.56. The molecule has 3 aromatic rings. The van der Waals surface area contributed by atoms with Crippen LogP contribution in [-0.4, -0.2) is 11.4 Å². The Morgan fingerprint density at radius 3 is 2.11 bits per heavy atom. The molecule has 0 fully saturated rings. The maximum Gasteiger partial charge on any atom is 0.416 e. The Morgan fingerprint density at radius 2 is 1.44 bits per heavy atom. The van der Waals surface area contributed by atoms with Crippen LogP contribution in [0.2, 0.25) is 0 Å². The van der Waals surface area contributed by atoms with Gasteiger partial charge in [0.1, 0.15) is 11.8 Å². The van der Waals surface area contributed by atoms with Crippen LogP contribution in [-0.2, 0) is 19.3 Å². The van der Waals surface area contributed by atoms with Crippen LogP contribution in [0, 0.1) is 11.8 Å². The highest BCUT2D eigenvalue weighted by molar-refractivity contribution is 5.84. The van der Waals surface area contributed by atoms with Crippen LogP contribution in [0.15, 0.2) is 53.1 Å². The van der Waals surface area contributed by atoms with E-state index in [1.807, 2.05) is 12.1 Å². The van der Waals surface area contributed by atoms with E-state index < -0.39 is 11.7 Å². The Kier molecular flexibility index (Phi) is 10.9. The zero-order valence-electron chi connectivity index (χ0n) is 21.6. The number of nitrogens with zero attached hydrogens (tertiary/aromatic N) is 1. The van der Waals surface area contributed by atoms with Gasteiger partial charge in [-0.2, -0.15) is 13.2 Å². The fourth-order valence-electron chi connectivity index (χ4n) is 4.37. The third-order valence-electron chi connectivity index (χ3n) is 6.56. The lowest BCUT2D eigenvalue weighted by Crippen LogP contribution is -2.22. The Hall–Kier alpha value is -2.71. The van der Waals surface area contributed by atoms with Crippen molar-refractivity contribution < 1.29 is 17.6 Å². The molecule has 0 aliphatic heterocycles. The summed E-state index contributed by atoms with van der Waals surface area (Å²) in [4.78, 5) is 2.21. The fraction of sp³-hybridized carbons (Fsp3) is 0.484. The minimum atomic E-state index is -4.31. The second-order valence-corrected chi connectivity index (χ2v) is 9.50. The first kappa shape index (κ1) is 27.9. The van der Waals surface area contributed by atoms with E-state index in [0.717, 1.165) is 59.2 Å². The van der Waals surface area contributed by atoms with E-state index in [2.05, 4.69) is 36.7 Å². The van der Waals surface area contributed by atoms with Gasteiger partial charge in [-0.15, -0.1) is 0 Å². The Morgan fingerprint density at radius 1 is 0.806 bits per heavy atom. The van der Waals surface area contributed by atoms with E-state index in [4.69, 9.17) is 4.42 Å². The van der Waals surface area contributed by atoms with Gasteiger partial charge >= 0.3 is 6.18 Å². The van der Waals surface area contributed by atoms with E-state index in [9.17, 15) is 13.2 Å². The lowest BCUT2D eigenvalue weighted by Gasteiger charge is -2.21. The van der Waals surface area contributed by atoms with Gasteiger partial charge in [-0.1, -0.05) is 88.8 Å².